The van der Waals surface area contributed by atoms with E-state index in [2.05, 4.69) is 20.6 Å². The number of carbonyl (C=O) groups is 1. The molecule has 1 aromatic heterocycles. The lowest BCUT2D eigenvalue weighted by molar-refractivity contribution is -0.383. The maximum absolute atomic E-state index is 11.3. The molecule has 0 aromatic carbocycles. The second-order valence-electron chi connectivity index (χ2n) is 3.99. The summed E-state index contributed by atoms with van der Waals surface area (Å²) in [7, 11) is 1.56. The van der Waals surface area contributed by atoms with Gasteiger partial charge in [-0.05, 0) is 0 Å². The Morgan fingerprint density at radius 3 is 2.95 bits per heavy atom. The Morgan fingerprint density at radius 1 is 1.47 bits per heavy atom. The molecule has 0 unspecified atom stereocenters. The monoisotopic (exact) mass is 266 g/mol. The summed E-state index contributed by atoms with van der Waals surface area (Å²) in [6.45, 7) is 1.31. The maximum atomic E-state index is 11.3. The van der Waals surface area contributed by atoms with E-state index in [0.717, 1.165) is 0 Å². The molecule has 102 valence electrons. The van der Waals surface area contributed by atoms with E-state index >= 15 is 0 Å². The van der Waals surface area contributed by atoms with Crippen LogP contribution in [0, 0.1) is 10.1 Å². The van der Waals surface area contributed by atoms with Crippen LogP contribution in [0.1, 0.15) is 6.42 Å². The molecule has 0 atom stereocenters. The van der Waals surface area contributed by atoms with E-state index in [1.807, 2.05) is 0 Å². The summed E-state index contributed by atoms with van der Waals surface area (Å²) < 4.78 is 0. The average Bonchev–Trinajstić information content (AvgIpc) is 2.62. The van der Waals surface area contributed by atoms with Crippen LogP contribution in [0.15, 0.2) is 6.33 Å². The van der Waals surface area contributed by atoms with Gasteiger partial charge in [0.2, 0.25) is 17.5 Å². The number of aromatic nitrogens is 2. The van der Waals surface area contributed by atoms with Crippen molar-refractivity contribution in [3.8, 4) is 0 Å². The minimum atomic E-state index is -0.513. The van der Waals surface area contributed by atoms with E-state index in [1.165, 1.54) is 6.33 Å². The quantitative estimate of drug-likeness (QED) is 0.573. The molecule has 1 aromatic rings. The summed E-state index contributed by atoms with van der Waals surface area (Å²) in [5.41, 5.74) is -0.167. The predicted octanol–water partition coefficient (Wildman–Crippen LogP) is -0.247. The number of carbonyl (C=O) groups excluding carboxylic acids is 1. The van der Waals surface area contributed by atoms with Gasteiger partial charge in [-0.25, -0.2) is 9.97 Å². The molecule has 1 aliphatic rings. The third-order valence-electron chi connectivity index (χ3n) is 2.83. The van der Waals surface area contributed by atoms with Crippen molar-refractivity contribution in [3.05, 3.63) is 16.4 Å². The van der Waals surface area contributed by atoms with Gasteiger partial charge in [-0.2, -0.15) is 0 Å². The molecule has 2 heterocycles. The van der Waals surface area contributed by atoms with Crippen molar-refractivity contribution in [1.82, 2.24) is 15.3 Å². The zero-order valence-corrected chi connectivity index (χ0v) is 10.4. The highest BCUT2D eigenvalue weighted by atomic mass is 16.6. The molecule has 0 aliphatic carbocycles. The SMILES string of the molecule is CNc1ncnc(N2CCNC(=O)CC2)c1[N+](=O)[O-]. The molecule has 0 spiro atoms. The number of nitrogens with one attached hydrogen (secondary N) is 2. The van der Waals surface area contributed by atoms with Crippen LogP contribution >= 0.6 is 0 Å². The number of hydrogen-bond donors (Lipinski definition) is 2. The van der Waals surface area contributed by atoms with Crippen LogP contribution in [0.5, 0.6) is 0 Å². The van der Waals surface area contributed by atoms with Crippen LogP contribution in [-0.4, -0.2) is 47.5 Å². The molecule has 0 radical (unpaired) electrons. The highest BCUT2D eigenvalue weighted by Gasteiger charge is 2.27. The van der Waals surface area contributed by atoms with Crippen molar-refractivity contribution in [1.29, 1.82) is 0 Å². The maximum Gasteiger partial charge on any atom is 0.353 e. The molecular weight excluding hydrogens is 252 g/mol. The van der Waals surface area contributed by atoms with Gasteiger partial charge in [0.1, 0.15) is 6.33 Å². The van der Waals surface area contributed by atoms with Gasteiger partial charge in [0.15, 0.2) is 0 Å². The number of rotatable bonds is 3. The van der Waals surface area contributed by atoms with Crippen LogP contribution < -0.4 is 15.5 Å². The Balaban J connectivity index is 2.38. The Bertz CT molecular complexity index is 506. The minimum Gasteiger partial charge on any atom is -0.367 e. The number of nitro groups is 1. The standard InChI is InChI=1S/C10H14N6O3/c1-11-9-8(16(18)19)10(14-6-13-9)15-4-2-7(17)12-3-5-15/h6H,2-5H2,1H3,(H,12,17)(H,11,13,14). The summed E-state index contributed by atoms with van der Waals surface area (Å²) in [5.74, 6) is 0.340. The molecule has 9 heteroatoms. The first-order valence-corrected chi connectivity index (χ1v) is 5.82. The van der Waals surface area contributed by atoms with Crippen molar-refractivity contribution in [2.24, 2.45) is 0 Å². The van der Waals surface area contributed by atoms with Crippen molar-refractivity contribution in [2.45, 2.75) is 6.42 Å². The fourth-order valence-corrected chi connectivity index (χ4v) is 1.93. The normalized spacial score (nSPS) is 15.6. The second kappa shape index (κ2) is 5.46. The molecule has 2 N–H and O–H groups in total. The van der Waals surface area contributed by atoms with Gasteiger partial charge in [0.05, 0.1) is 4.92 Å². The van der Waals surface area contributed by atoms with E-state index in [0.29, 0.717) is 19.6 Å². The zero-order chi connectivity index (χ0) is 13.8. The van der Waals surface area contributed by atoms with Crippen LogP contribution in [0.25, 0.3) is 0 Å². The van der Waals surface area contributed by atoms with E-state index in [4.69, 9.17) is 0 Å². The highest BCUT2D eigenvalue weighted by Crippen LogP contribution is 2.31. The van der Waals surface area contributed by atoms with E-state index < -0.39 is 4.92 Å². The fraction of sp³-hybridized carbons (Fsp3) is 0.500. The van der Waals surface area contributed by atoms with E-state index in [9.17, 15) is 14.9 Å². The smallest absolute Gasteiger partial charge is 0.353 e. The van der Waals surface area contributed by atoms with E-state index in [1.54, 1.807) is 11.9 Å². The predicted molar refractivity (Wildman–Crippen MR) is 68.1 cm³/mol. The van der Waals surface area contributed by atoms with Gasteiger partial charge >= 0.3 is 5.69 Å². The van der Waals surface area contributed by atoms with E-state index in [-0.39, 0.29) is 29.7 Å². The van der Waals surface area contributed by atoms with Gasteiger partial charge in [-0.15, -0.1) is 0 Å². The lowest BCUT2D eigenvalue weighted by Crippen LogP contribution is -2.29. The number of hydrogen-bond acceptors (Lipinski definition) is 7. The van der Waals surface area contributed by atoms with Crippen molar-refractivity contribution >= 4 is 23.2 Å². The van der Waals surface area contributed by atoms with Gasteiger partial charge in [0, 0.05) is 33.1 Å². The Kier molecular flexibility index (Phi) is 3.74. The Labute approximate surface area is 109 Å². The number of nitrogens with zero attached hydrogens (tertiary/aromatic N) is 4. The first-order valence-electron chi connectivity index (χ1n) is 5.82. The molecule has 1 amide bonds. The van der Waals surface area contributed by atoms with Crippen LogP contribution in [0.3, 0.4) is 0 Å². The second-order valence-corrected chi connectivity index (χ2v) is 3.99. The molecule has 1 fully saturated rings. The zero-order valence-electron chi connectivity index (χ0n) is 10.4. The first kappa shape index (κ1) is 13.0. The molecule has 0 bridgehead atoms. The van der Waals surface area contributed by atoms with Crippen LogP contribution in [0.4, 0.5) is 17.3 Å². The van der Waals surface area contributed by atoms with Gasteiger partial charge in [-0.3, -0.25) is 14.9 Å². The molecule has 9 nitrogen and oxygen atoms in total. The summed E-state index contributed by atoms with van der Waals surface area (Å²) >= 11 is 0. The van der Waals surface area contributed by atoms with Crippen LogP contribution in [0.2, 0.25) is 0 Å². The third-order valence-corrected chi connectivity index (χ3v) is 2.83. The Morgan fingerprint density at radius 2 is 2.26 bits per heavy atom. The summed E-state index contributed by atoms with van der Waals surface area (Å²) in [5, 5.41) is 16.6. The lowest BCUT2D eigenvalue weighted by Gasteiger charge is -2.20. The summed E-state index contributed by atoms with van der Waals surface area (Å²) in [6.07, 6.45) is 1.56. The summed E-state index contributed by atoms with van der Waals surface area (Å²) in [4.78, 5) is 31.5. The summed E-state index contributed by atoms with van der Waals surface area (Å²) in [6, 6.07) is 0. The molecule has 0 saturated carbocycles. The lowest BCUT2D eigenvalue weighted by atomic mass is 10.3. The Hall–Kier alpha value is -2.45. The van der Waals surface area contributed by atoms with Gasteiger partial charge in [0.25, 0.3) is 0 Å². The van der Waals surface area contributed by atoms with Crippen molar-refractivity contribution < 1.29 is 9.72 Å². The fourth-order valence-electron chi connectivity index (χ4n) is 1.93. The van der Waals surface area contributed by atoms with Crippen molar-refractivity contribution in [2.75, 3.05) is 36.9 Å². The van der Waals surface area contributed by atoms with Gasteiger partial charge < -0.3 is 15.5 Å². The minimum absolute atomic E-state index is 0.0620. The molecule has 1 saturated heterocycles. The highest BCUT2D eigenvalue weighted by molar-refractivity contribution is 5.78. The number of anilines is 2. The average molecular weight is 266 g/mol. The topological polar surface area (TPSA) is 113 Å². The van der Waals surface area contributed by atoms with Gasteiger partial charge in [-0.1, -0.05) is 0 Å². The molecule has 2 rings (SSSR count). The molecule has 1 aliphatic heterocycles. The largest absolute Gasteiger partial charge is 0.367 e. The number of amides is 1. The van der Waals surface area contributed by atoms with Crippen LogP contribution in [-0.2, 0) is 4.79 Å². The van der Waals surface area contributed by atoms with Crippen molar-refractivity contribution in [3.63, 3.8) is 0 Å². The molecule has 19 heavy (non-hydrogen) atoms. The molecular formula is C10H14N6O3. The first-order chi connectivity index (χ1) is 9.13. The third kappa shape index (κ3) is 2.69.